The molecule has 2 N–H and O–H groups in total. The summed E-state index contributed by atoms with van der Waals surface area (Å²) in [6, 6.07) is 11.8. The van der Waals surface area contributed by atoms with Crippen molar-refractivity contribution in [2.24, 2.45) is 4.99 Å². The smallest absolute Gasteiger partial charge is 0.195 e. The summed E-state index contributed by atoms with van der Waals surface area (Å²) in [7, 11) is 5.03. The third kappa shape index (κ3) is 6.82. The molecule has 0 unspecified atom stereocenters. The van der Waals surface area contributed by atoms with Gasteiger partial charge in [0.05, 0.1) is 20.8 Å². The molecule has 2 aromatic carbocycles. The van der Waals surface area contributed by atoms with Crippen molar-refractivity contribution in [2.75, 3.05) is 33.2 Å². The van der Waals surface area contributed by atoms with E-state index in [4.69, 9.17) is 14.2 Å². The van der Waals surface area contributed by atoms with E-state index in [1.165, 1.54) is 0 Å². The van der Waals surface area contributed by atoms with Crippen molar-refractivity contribution in [3.05, 3.63) is 47.5 Å². The predicted molar refractivity (Wildman–Crippen MR) is 121 cm³/mol. The number of hydrogen-bond acceptors (Lipinski definition) is 4. The minimum atomic E-state index is 0. The van der Waals surface area contributed by atoms with Crippen LogP contribution >= 0.6 is 24.0 Å². The van der Waals surface area contributed by atoms with Gasteiger partial charge in [0.1, 0.15) is 5.75 Å². The number of aliphatic imine (C=N–C) groups is 1. The summed E-state index contributed by atoms with van der Waals surface area (Å²) in [5.74, 6) is 2.91. The molecular formula is C20H28IN3O3. The van der Waals surface area contributed by atoms with Crippen LogP contribution in [0, 0.1) is 6.92 Å². The number of nitrogens with zero attached hydrogens (tertiary/aromatic N) is 1. The summed E-state index contributed by atoms with van der Waals surface area (Å²) in [5.41, 5.74) is 3.14. The molecule has 2 rings (SSSR count). The monoisotopic (exact) mass is 485 g/mol. The lowest BCUT2D eigenvalue weighted by Crippen LogP contribution is -2.30. The van der Waals surface area contributed by atoms with Crippen LogP contribution in [0.2, 0.25) is 0 Å². The number of nitrogens with one attached hydrogen (secondary N) is 2. The van der Waals surface area contributed by atoms with Gasteiger partial charge in [-0.1, -0.05) is 6.07 Å². The Bertz CT molecular complexity index is 766. The number of guanidine groups is 1. The van der Waals surface area contributed by atoms with Gasteiger partial charge in [-0.3, -0.25) is 4.99 Å². The van der Waals surface area contributed by atoms with E-state index < -0.39 is 0 Å². The average molecular weight is 485 g/mol. The topological polar surface area (TPSA) is 64.1 Å². The summed E-state index contributed by atoms with van der Waals surface area (Å²) >= 11 is 0. The molecule has 0 atom stereocenters. The second kappa shape index (κ2) is 11.5. The second-order valence-electron chi connectivity index (χ2n) is 5.71. The number of aryl methyl sites for hydroxylation is 1. The summed E-state index contributed by atoms with van der Waals surface area (Å²) in [6.45, 7) is 5.19. The first-order chi connectivity index (χ1) is 12.6. The Hall–Kier alpha value is -2.16. The number of hydrogen-bond donors (Lipinski definition) is 2. The van der Waals surface area contributed by atoms with Gasteiger partial charge < -0.3 is 24.8 Å². The largest absolute Gasteiger partial charge is 0.497 e. The molecule has 0 aliphatic heterocycles. The van der Waals surface area contributed by atoms with Gasteiger partial charge in [-0.2, -0.15) is 0 Å². The van der Waals surface area contributed by atoms with Crippen molar-refractivity contribution in [3.63, 3.8) is 0 Å². The fourth-order valence-electron chi connectivity index (χ4n) is 2.57. The van der Waals surface area contributed by atoms with Crippen LogP contribution in [0.1, 0.15) is 18.1 Å². The normalized spacial score (nSPS) is 10.6. The lowest BCUT2D eigenvalue weighted by Gasteiger charge is -2.15. The van der Waals surface area contributed by atoms with Crippen LogP contribution in [0.15, 0.2) is 41.4 Å². The molecule has 0 saturated carbocycles. The molecule has 0 spiro atoms. The highest BCUT2D eigenvalue weighted by atomic mass is 127. The number of rotatable bonds is 7. The zero-order valence-electron chi connectivity index (χ0n) is 16.5. The van der Waals surface area contributed by atoms with E-state index in [0.29, 0.717) is 30.6 Å². The zero-order valence-corrected chi connectivity index (χ0v) is 18.8. The standard InChI is InChI=1S/C20H27N3O3.HI/c1-6-26-19-12-16(7-8-18(19)25-5)23-20(21-3)22-13-15-9-14(2)10-17(11-15)24-4;/h7-12H,6,13H2,1-5H3,(H2,21,22,23);1H. The SMILES string of the molecule is CCOc1cc(NC(=NC)NCc2cc(C)cc(OC)c2)ccc1OC.I. The van der Waals surface area contributed by atoms with E-state index in [9.17, 15) is 0 Å². The van der Waals surface area contributed by atoms with Crippen molar-refractivity contribution in [1.82, 2.24) is 5.32 Å². The first-order valence-corrected chi connectivity index (χ1v) is 8.52. The maximum absolute atomic E-state index is 5.61. The Morgan fingerprint density at radius 3 is 2.44 bits per heavy atom. The summed E-state index contributed by atoms with van der Waals surface area (Å²) in [5, 5.41) is 6.57. The van der Waals surface area contributed by atoms with Gasteiger partial charge in [0.15, 0.2) is 17.5 Å². The van der Waals surface area contributed by atoms with E-state index in [1.54, 1.807) is 21.3 Å². The van der Waals surface area contributed by atoms with Gasteiger partial charge >= 0.3 is 0 Å². The van der Waals surface area contributed by atoms with Crippen molar-refractivity contribution < 1.29 is 14.2 Å². The maximum Gasteiger partial charge on any atom is 0.195 e. The molecule has 0 aromatic heterocycles. The van der Waals surface area contributed by atoms with Crippen LogP contribution in [0.3, 0.4) is 0 Å². The molecule has 0 radical (unpaired) electrons. The highest BCUT2D eigenvalue weighted by molar-refractivity contribution is 14.0. The first-order valence-electron chi connectivity index (χ1n) is 8.52. The molecule has 27 heavy (non-hydrogen) atoms. The summed E-state index contributed by atoms with van der Waals surface area (Å²) in [6.07, 6.45) is 0. The van der Waals surface area contributed by atoms with E-state index >= 15 is 0 Å². The number of halogens is 1. The Balaban J connectivity index is 0.00000364. The Labute approximate surface area is 178 Å². The number of ether oxygens (including phenoxy) is 3. The van der Waals surface area contributed by atoms with E-state index in [-0.39, 0.29) is 24.0 Å². The second-order valence-corrected chi connectivity index (χ2v) is 5.71. The quantitative estimate of drug-likeness (QED) is 0.350. The maximum atomic E-state index is 5.61. The van der Waals surface area contributed by atoms with Gasteiger partial charge in [0.25, 0.3) is 0 Å². The van der Waals surface area contributed by atoms with Crippen LogP contribution in [-0.2, 0) is 6.54 Å². The van der Waals surface area contributed by atoms with Crippen LogP contribution in [0.5, 0.6) is 17.2 Å². The van der Waals surface area contributed by atoms with Crippen molar-refractivity contribution >= 4 is 35.6 Å². The minimum Gasteiger partial charge on any atom is -0.497 e. The lowest BCUT2D eigenvalue weighted by molar-refractivity contribution is 0.311. The molecule has 0 aliphatic rings. The molecule has 0 heterocycles. The van der Waals surface area contributed by atoms with E-state index in [2.05, 4.69) is 21.7 Å². The Morgan fingerprint density at radius 2 is 1.81 bits per heavy atom. The lowest BCUT2D eigenvalue weighted by atomic mass is 10.1. The van der Waals surface area contributed by atoms with Crippen LogP contribution in [0.4, 0.5) is 5.69 Å². The summed E-state index contributed by atoms with van der Waals surface area (Å²) in [4.78, 5) is 4.27. The van der Waals surface area contributed by atoms with Crippen molar-refractivity contribution in [3.8, 4) is 17.2 Å². The molecule has 7 heteroatoms. The molecule has 0 aliphatic carbocycles. The molecule has 0 amide bonds. The molecule has 148 valence electrons. The molecule has 0 fully saturated rings. The number of anilines is 1. The summed E-state index contributed by atoms with van der Waals surface area (Å²) < 4.78 is 16.2. The molecule has 0 saturated heterocycles. The minimum absolute atomic E-state index is 0. The number of benzene rings is 2. The predicted octanol–water partition coefficient (Wildman–Crippen LogP) is 4.22. The first kappa shape index (κ1) is 22.9. The molecular weight excluding hydrogens is 457 g/mol. The third-order valence-corrected chi connectivity index (χ3v) is 3.76. The average Bonchev–Trinajstić information content (AvgIpc) is 2.65. The van der Waals surface area contributed by atoms with Crippen molar-refractivity contribution in [1.29, 1.82) is 0 Å². The van der Waals surface area contributed by atoms with Gasteiger partial charge in [-0.15, -0.1) is 24.0 Å². The zero-order chi connectivity index (χ0) is 18.9. The van der Waals surface area contributed by atoms with Gasteiger partial charge in [0, 0.05) is 25.3 Å². The van der Waals surface area contributed by atoms with Gasteiger partial charge in [-0.25, -0.2) is 0 Å². The van der Waals surface area contributed by atoms with Crippen LogP contribution in [0.25, 0.3) is 0 Å². The Kier molecular flexibility index (Phi) is 9.77. The van der Waals surface area contributed by atoms with Crippen LogP contribution < -0.4 is 24.8 Å². The van der Waals surface area contributed by atoms with E-state index in [0.717, 1.165) is 22.6 Å². The third-order valence-electron chi connectivity index (χ3n) is 3.76. The highest BCUT2D eigenvalue weighted by Gasteiger charge is 2.07. The molecule has 2 aromatic rings. The van der Waals surface area contributed by atoms with Gasteiger partial charge in [0.2, 0.25) is 0 Å². The molecule has 0 bridgehead atoms. The Morgan fingerprint density at radius 1 is 1.04 bits per heavy atom. The molecule has 6 nitrogen and oxygen atoms in total. The van der Waals surface area contributed by atoms with Crippen LogP contribution in [-0.4, -0.2) is 33.8 Å². The van der Waals surface area contributed by atoms with Gasteiger partial charge in [-0.05, 0) is 49.2 Å². The fraction of sp³-hybridized carbons (Fsp3) is 0.350. The fourth-order valence-corrected chi connectivity index (χ4v) is 2.57. The van der Waals surface area contributed by atoms with Crippen molar-refractivity contribution in [2.45, 2.75) is 20.4 Å². The van der Waals surface area contributed by atoms with E-state index in [1.807, 2.05) is 44.2 Å². The highest BCUT2D eigenvalue weighted by Crippen LogP contribution is 2.30. The number of methoxy groups -OCH3 is 2.